The SMILES string of the molecule is F[C](F)C(F)(F)[C](F)C(F)(F)C(F)(F)C(F)(F)F. The molecule has 0 aromatic carbocycles. The van der Waals surface area contributed by atoms with Crippen LogP contribution in [0.15, 0.2) is 0 Å². The molecule has 0 fully saturated rings. The zero-order valence-electron chi connectivity index (χ0n) is 7.54. The van der Waals surface area contributed by atoms with Gasteiger partial charge in [0.2, 0.25) is 0 Å². The molecule has 0 amide bonds. The van der Waals surface area contributed by atoms with Crippen molar-refractivity contribution in [3.8, 4) is 0 Å². The fourth-order valence-corrected chi connectivity index (χ4v) is 0.596. The Morgan fingerprint density at radius 1 is 0.611 bits per heavy atom. The summed E-state index contributed by atoms with van der Waals surface area (Å²) in [5, 5.41) is 0. The van der Waals surface area contributed by atoms with Crippen LogP contribution in [0.2, 0.25) is 0 Å². The van der Waals surface area contributed by atoms with Crippen LogP contribution in [0.4, 0.5) is 52.7 Å². The molecule has 0 saturated heterocycles. The van der Waals surface area contributed by atoms with Crippen LogP contribution in [0.5, 0.6) is 0 Å². The van der Waals surface area contributed by atoms with E-state index in [1.807, 2.05) is 0 Å². The lowest BCUT2D eigenvalue weighted by Crippen LogP contribution is -2.57. The zero-order valence-corrected chi connectivity index (χ0v) is 7.54. The highest BCUT2D eigenvalue weighted by Gasteiger charge is 2.81. The van der Waals surface area contributed by atoms with Crippen molar-refractivity contribution in [2.45, 2.75) is 23.9 Å². The summed E-state index contributed by atoms with van der Waals surface area (Å²) in [5.74, 6) is -21.0. The van der Waals surface area contributed by atoms with Crippen LogP contribution in [-0.2, 0) is 0 Å². The minimum atomic E-state index is -7.27. The van der Waals surface area contributed by atoms with Crippen molar-refractivity contribution in [1.29, 1.82) is 0 Å². The predicted molar refractivity (Wildman–Crippen MR) is 30.7 cm³/mol. The van der Waals surface area contributed by atoms with E-state index in [1.54, 1.807) is 0 Å². The number of hydrogen-bond acceptors (Lipinski definition) is 0. The van der Waals surface area contributed by atoms with E-state index in [4.69, 9.17) is 0 Å². The first-order chi connectivity index (χ1) is 7.60. The predicted octanol–water partition coefficient (Wildman–Crippen LogP) is 4.38. The van der Waals surface area contributed by atoms with Gasteiger partial charge in [0.05, 0.1) is 0 Å². The molecule has 0 saturated carbocycles. The maximum absolute atomic E-state index is 12.2. The van der Waals surface area contributed by atoms with E-state index in [-0.39, 0.29) is 0 Å². The van der Waals surface area contributed by atoms with Crippen LogP contribution in [0, 0.1) is 12.6 Å². The van der Waals surface area contributed by atoms with Crippen LogP contribution in [-0.4, -0.2) is 23.9 Å². The second kappa shape index (κ2) is 4.37. The minimum absolute atomic E-state index is 4.39. The van der Waals surface area contributed by atoms with Crippen LogP contribution in [0.25, 0.3) is 0 Å². The van der Waals surface area contributed by atoms with Crippen molar-refractivity contribution in [3.05, 3.63) is 12.6 Å². The van der Waals surface area contributed by atoms with Crippen molar-refractivity contribution in [1.82, 2.24) is 0 Å². The smallest absolute Gasteiger partial charge is 0.226 e. The summed E-state index contributed by atoms with van der Waals surface area (Å²) in [4.78, 5) is 0. The van der Waals surface area contributed by atoms with E-state index in [2.05, 4.69) is 0 Å². The lowest BCUT2D eigenvalue weighted by atomic mass is 10.0. The van der Waals surface area contributed by atoms with E-state index in [1.165, 1.54) is 0 Å². The summed E-state index contributed by atoms with van der Waals surface area (Å²) in [5.41, 5.74) is 0. The summed E-state index contributed by atoms with van der Waals surface area (Å²) in [6.07, 6.45) is -16.3. The van der Waals surface area contributed by atoms with Gasteiger partial charge < -0.3 is 0 Å². The molecule has 0 nitrogen and oxygen atoms in total. The van der Waals surface area contributed by atoms with Crippen LogP contribution >= 0.6 is 0 Å². The molecule has 12 heteroatoms. The molecule has 108 valence electrons. The van der Waals surface area contributed by atoms with Gasteiger partial charge in [-0.25, -0.2) is 4.39 Å². The van der Waals surface area contributed by atoms with Crippen molar-refractivity contribution >= 4 is 0 Å². The van der Waals surface area contributed by atoms with Crippen molar-refractivity contribution in [2.75, 3.05) is 0 Å². The van der Waals surface area contributed by atoms with Gasteiger partial charge in [0.25, 0.3) is 6.17 Å². The van der Waals surface area contributed by atoms with Gasteiger partial charge in [0.15, 0.2) is 0 Å². The van der Waals surface area contributed by atoms with Crippen molar-refractivity contribution in [3.63, 3.8) is 0 Å². The molecule has 0 aromatic heterocycles. The number of halogens is 12. The van der Waals surface area contributed by atoms with E-state index in [0.29, 0.717) is 0 Å². The number of rotatable bonds is 4. The Labute approximate surface area is 90.6 Å². The van der Waals surface area contributed by atoms with Crippen molar-refractivity contribution in [2.24, 2.45) is 0 Å². The first kappa shape index (κ1) is 17.2. The molecule has 0 rings (SSSR count). The lowest BCUT2D eigenvalue weighted by molar-refractivity contribution is -0.362. The maximum Gasteiger partial charge on any atom is 0.460 e. The molecule has 0 unspecified atom stereocenters. The third-order valence-electron chi connectivity index (χ3n) is 1.54. The zero-order chi connectivity index (χ0) is 15.2. The monoisotopic (exact) mass is 300 g/mol. The average Bonchev–Trinajstić information content (AvgIpc) is 2.13. The van der Waals surface area contributed by atoms with Gasteiger partial charge in [-0.05, 0) is 0 Å². The molecule has 0 spiro atoms. The topological polar surface area (TPSA) is 0 Å². The third-order valence-corrected chi connectivity index (χ3v) is 1.54. The van der Waals surface area contributed by atoms with Gasteiger partial charge in [-0.15, -0.1) is 0 Å². The fraction of sp³-hybridized carbons (Fsp3) is 0.667. The van der Waals surface area contributed by atoms with E-state index >= 15 is 0 Å². The Hall–Kier alpha value is -0.840. The second-order valence-electron chi connectivity index (χ2n) is 2.80. The van der Waals surface area contributed by atoms with Gasteiger partial charge >= 0.3 is 30.4 Å². The van der Waals surface area contributed by atoms with Gasteiger partial charge in [0.1, 0.15) is 0 Å². The molecule has 0 aliphatic heterocycles. The first-order valence-corrected chi connectivity index (χ1v) is 3.52. The third kappa shape index (κ3) is 2.46. The van der Waals surface area contributed by atoms with Gasteiger partial charge in [-0.2, -0.15) is 48.3 Å². The number of alkyl halides is 9. The Morgan fingerprint density at radius 3 is 1.17 bits per heavy atom. The minimum Gasteiger partial charge on any atom is -0.226 e. The molecule has 0 aromatic rings. The molecule has 18 heavy (non-hydrogen) atoms. The fourth-order valence-electron chi connectivity index (χ4n) is 0.596. The Balaban J connectivity index is 5.54. The first-order valence-electron chi connectivity index (χ1n) is 3.52. The molecule has 0 atom stereocenters. The Bertz CT molecular complexity index is 287. The Morgan fingerprint density at radius 2 is 0.944 bits per heavy atom. The summed E-state index contributed by atoms with van der Waals surface area (Å²) < 4.78 is 142. The molecule has 2 radical (unpaired) electrons. The summed E-state index contributed by atoms with van der Waals surface area (Å²) >= 11 is 0. The van der Waals surface area contributed by atoms with Crippen LogP contribution in [0.1, 0.15) is 0 Å². The standard InChI is InChI=1S/C6F12/c7-1(3(10,11)2(8)9)4(12,13)5(14,15)6(16,17)18. The molecule has 0 aliphatic rings. The molecule has 0 bridgehead atoms. The molecular formula is C6F12. The highest BCUT2D eigenvalue weighted by Crippen LogP contribution is 2.56. The number of hydrogen-bond donors (Lipinski definition) is 0. The maximum atomic E-state index is 12.2. The highest BCUT2D eigenvalue weighted by molar-refractivity contribution is 5.16. The van der Waals surface area contributed by atoms with E-state index < -0.39 is 36.5 Å². The summed E-state index contributed by atoms with van der Waals surface area (Å²) in [7, 11) is 0. The lowest BCUT2D eigenvalue weighted by Gasteiger charge is -2.31. The van der Waals surface area contributed by atoms with Gasteiger partial charge in [-0.1, -0.05) is 0 Å². The Kier molecular flexibility index (Phi) is 4.16. The molecular weight excluding hydrogens is 300 g/mol. The van der Waals surface area contributed by atoms with E-state index in [0.717, 1.165) is 0 Å². The quantitative estimate of drug-likeness (QED) is 0.676. The second-order valence-corrected chi connectivity index (χ2v) is 2.80. The van der Waals surface area contributed by atoms with Crippen LogP contribution < -0.4 is 0 Å². The molecule has 0 heterocycles. The summed E-state index contributed by atoms with van der Waals surface area (Å²) in [6.45, 7) is 0. The van der Waals surface area contributed by atoms with Crippen molar-refractivity contribution < 1.29 is 52.7 Å². The largest absolute Gasteiger partial charge is 0.460 e. The molecule has 0 aliphatic carbocycles. The van der Waals surface area contributed by atoms with Gasteiger partial charge in [-0.3, -0.25) is 0 Å². The summed E-state index contributed by atoms with van der Waals surface area (Å²) in [6, 6.07) is 0. The normalized spacial score (nSPS) is 15.7. The average molecular weight is 300 g/mol. The molecule has 0 N–H and O–H groups in total. The van der Waals surface area contributed by atoms with Gasteiger partial charge in [0, 0.05) is 0 Å². The highest BCUT2D eigenvalue weighted by atomic mass is 19.4. The van der Waals surface area contributed by atoms with E-state index in [9.17, 15) is 52.7 Å². The van der Waals surface area contributed by atoms with Crippen LogP contribution in [0.3, 0.4) is 0 Å².